The number of hydrogen-bond acceptors (Lipinski definition) is 5. The fourth-order valence-corrected chi connectivity index (χ4v) is 3.66. The van der Waals surface area contributed by atoms with Crippen LogP contribution in [0, 0.1) is 5.82 Å². The highest BCUT2D eigenvalue weighted by Crippen LogP contribution is 2.22. The number of rotatable bonds is 8. The predicted octanol–water partition coefficient (Wildman–Crippen LogP) is 2.02. The van der Waals surface area contributed by atoms with Crippen LogP contribution in [0.15, 0.2) is 18.2 Å². The van der Waals surface area contributed by atoms with E-state index in [-0.39, 0.29) is 25.0 Å². The van der Waals surface area contributed by atoms with Crippen molar-refractivity contribution in [3.05, 3.63) is 35.1 Å². The van der Waals surface area contributed by atoms with Gasteiger partial charge in [-0.15, -0.1) is 0 Å². The lowest BCUT2D eigenvalue weighted by molar-refractivity contribution is -0.138. The monoisotopic (exact) mass is 371 g/mol. The molecule has 1 aromatic carbocycles. The van der Waals surface area contributed by atoms with Crippen molar-refractivity contribution in [1.29, 1.82) is 0 Å². The molecule has 0 radical (unpaired) electrons. The Bertz CT molecular complexity index is 613. The lowest BCUT2D eigenvalue weighted by atomic mass is 10.1. The highest BCUT2D eigenvalue weighted by Gasteiger charge is 2.29. The average Bonchev–Trinajstić information content (AvgIpc) is 2.59. The molecule has 1 fully saturated rings. The number of carbonyl (C=O) groups excluding carboxylic acids is 1. The van der Waals surface area contributed by atoms with Gasteiger partial charge in [-0.3, -0.25) is 9.59 Å². The summed E-state index contributed by atoms with van der Waals surface area (Å²) < 4.78 is 24.1. The molecule has 8 heteroatoms. The number of carboxylic acids is 1. The molecule has 2 rings (SSSR count). The summed E-state index contributed by atoms with van der Waals surface area (Å²) in [7, 11) is 1.55. The lowest BCUT2D eigenvalue weighted by Crippen LogP contribution is -2.47. The van der Waals surface area contributed by atoms with Gasteiger partial charge < -0.3 is 19.5 Å². The molecule has 0 saturated carbocycles. The standard InChI is InChI=1S/C17H22FNO5S/c1-23-5-6-24-10-13-8-12(2-3-15(13)18)17(22)19-4-7-25-11-14(19)9-16(20)21/h2-3,8,14H,4-7,9-11H2,1H3,(H,20,21). The third kappa shape index (κ3) is 5.69. The van der Waals surface area contributed by atoms with Crippen molar-refractivity contribution in [3.63, 3.8) is 0 Å². The Morgan fingerprint density at radius 2 is 2.20 bits per heavy atom. The summed E-state index contributed by atoms with van der Waals surface area (Å²) in [5.74, 6) is -0.297. The summed E-state index contributed by atoms with van der Waals surface area (Å²) in [5.41, 5.74) is 0.636. The van der Waals surface area contributed by atoms with Crippen LogP contribution in [0.25, 0.3) is 0 Å². The number of ether oxygens (including phenoxy) is 2. The number of halogens is 1. The van der Waals surface area contributed by atoms with E-state index in [0.717, 1.165) is 5.75 Å². The Hall–Kier alpha value is -1.64. The molecule has 0 spiro atoms. The highest BCUT2D eigenvalue weighted by atomic mass is 32.2. The van der Waals surface area contributed by atoms with Crippen LogP contribution in [0.3, 0.4) is 0 Å². The van der Waals surface area contributed by atoms with E-state index in [1.807, 2.05) is 0 Å². The fourth-order valence-electron chi connectivity index (χ4n) is 2.60. The van der Waals surface area contributed by atoms with Crippen molar-refractivity contribution in [2.75, 3.05) is 38.4 Å². The SMILES string of the molecule is COCCOCc1cc(C(=O)N2CCSCC2CC(=O)O)ccc1F. The minimum Gasteiger partial charge on any atom is -0.481 e. The molecule has 1 aliphatic rings. The van der Waals surface area contributed by atoms with Crippen molar-refractivity contribution in [3.8, 4) is 0 Å². The zero-order valence-corrected chi connectivity index (χ0v) is 14.9. The van der Waals surface area contributed by atoms with E-state index in [4.69, 9.17) is 14.6 Å². The summed E-state index contributed by atoms with van der Waals surface area (Å²) in [6.45, 7) is 1.27. The van der Waals surface area contributed by atoms with Crippen molar-refractivity contribution in [2.24, 2.45) is 0 Å². The molecule has 0 bridgehead atoms. The molecule has 1 aromatic rings. The zero-order chi connectivity index (χ0) is 18.2. The number of nitrogens with zero attached hydrogens (tertiary/aromatic N) is 1. The van der Waals surface area contributed by atoms with E-state index in [1.165, 1.54) is 18.2 Å². The number of amides is 1. The molecule has 1 unspecified atom stereocenters. The maximum absolute atomic E-state index is 13.9. The third-order valence-electron chi connectivity index (χ3n) is 3.88. The Kier molecular flexibility index (Phi) is 7.67. The molecule has 25 heavy (non-hydrogen) atoms. The van der Waals surface area contributed by atoms with E-state index in [1.54, 1.807) is 23.8 Å². The molecule has 1 atom stereocenters. The summed E-state index contributed by atoms with van der Waals surface area (Å²) in [5, 5.41) is 9.03. The zero-order valence-electron chi connectivity index (χ0n) is 14.1. The summed E-state index contributed by atoms with van der Waals surface area (Å²) in [6.07, 6.45) is -0.0904. The average molecular weight is 371 g/mol. The number of thioether (sulfide) groups is 1. The molecular formula is C17H22FNO5S. The van der Waals surface area contributed by atoms with Crippen molar-refractivity contribution >= 4 is 23.6 Å². The first-order valence-corrected chi connectivity index (χ1v) is 9.14. The second kappa shape index (κ2) is 9.74. The van der Waals surface area contributed by atoms with Gasteiger partial charge in [-0.1, -0.05) is 0 Å². The first-order chi connectivity index (χ1) is 12.0. The van der Waals surface area contributed by atoms with Crippen LogP contribution in [0.2, 0.25) is 0 Å². The first-order valence-electron chi connectivity index (χ1n) is 7.98. The maximum Gasteiger partial charge on any atom is 0.305 e. The Balaban J connectivity index is 2.10. The van der Waals surface area contributed by atoms with Gasteiger partial charge >= 0.3 is 5.97 Å². The van der Waals surface area contributed by atoms with Gasteiger partial charge in [0.1, 0.15) is 5.82 Å². The number of carbonyl (C=O) groups is 2. The van der Waals surface area contributed by atoms with Crippen LogP contribution in [0.4, 0.5) is 4.39 Å². The normalized spacial score (nSPS) is 17.5. The van der Waals surface area contributed by atoms with Gasteiger partial charge in [0.05, 0.1) is 32.3 Å². The minimum absolute atomic E-state index is 0.0463. The van der Waals surface area contributed by atoms with Crippen molar-refractivity contribution in [1.82, 2.24) is 4.90 Å². The molecule has 0 aromatic heterocycles. The van der Waals surface area contributed by atoms with Gasteiger partial charge in [0.2, 0.25) is 0 Å². The molecule has 1 heterocycles. The Morgan fingerprint density at radius 1 is 1.40 bits per heavy atom. The largest absolute Gasteiger partial charge is 0.481 e. The van der Waals surface area contributed by atoms with Crippen LogP contribution in [-0.2, 0) is 20.9 Å². The number of benzene rings is 1. The smallest absolute Gasteiger partial charge is 0.305 e. The summed E-state index contributed by atoms with van der Waals surface area (Å²) in [6, 6.07) is 3.79. The molecule has 138 valence electrons. The molecular weight excluding hydrogens is 349 g/mol. The Labute approximate surface area is 150 Å². The maximum atomic E-state index is 13.9. The first kappa shape index (κ1) is 19.7. The number of aliphatic carboxylic acids is 1. The lowest BCUT2D eigenvalue weighted by Gasteiger charge is -2.34. The minimum atomic E-state index is -0.934. The molecule has 1 N–H and O–H groups in total. The van der Waals surface area contributed by atoms with Crippen LogP contribution in [-0.4, -0.2) is 66.3 Å². The van der Waals surface area contributed by atoms with Gasteiger partial charge in [0.25, 0.3) is 5.91 Å². The second-order valence-corrected chi connectivity index (χ2v) is 6.83. The number of methoxy groups -OCH3 is 1. The second-order valence-electron chi connectivity index (χ2n) is 5.68. The van der Waals surface area contributed by atoms with Crippen LogP contribution < -0.4 is 0 Å². The van der Waals surface area contributed by atoms with E-state index in [2.05, 4.69) is 0 Å². The predicted molar refractivity (Wildman–Crippen MR) is 92.3 cm³/mol. The van der Waals surface area contributed by atoms with Crippen molar-refractivity contribution < 1.29 is 28.6 Å². The number of hydrogen-bond donors (Lipinski definition) is 1. The molecule has 1 amide bonds. The van der Waals surface area contributed by atoms with E-state index in [0.29, 0.717) is 36.6 Å². The molecule has 1 saturated heterocycles. The fraction of sp³-hybridized carbons (Fsp3) is 0.529. The Morgan fingerprint density at radius 3 is 2.92 bits per heavy atom. The van der Waals surface area contributed by atoms with Gasteiger partial charge in [-0.2, -0.15) is 11.8 Å². The van der Waals surface area contributed by atoms with Gasteiger partial charge in [-0.05, 0) is 18.2 Å². The van der Waals surface area contributed by atoms with E-state index < -0.39 is 11.8 Å². The van der Waals surface area contributed by atoms with E-state index >= 15 is 0 Å². The quantitative estimate of drug-likeness (QED) is 0.705. The van der Waals surface area contributed by atoms with Gasteiger partial charge in [0, 0.05) is 36.3 Å². The summed E-state index contributed by atoms with van der Waals surface area (Å²) >= 11 is 1.63. The van der Waals surface area contributed by atoms with Crippen LogP contribution in [0.1, 0.15) is 22.3 Å². The van der Waals surface area contributed by atoms with Gasteiger partial charge in [-0.25, -0.2) is 4.39 Å². The third-order valence-corrected chi connectivity index (χ3v) is 4.97. The summed E-state index contributed by atoms with van der Waals surface area (Å²) in [4.78, 5) is 25.4. The molecule has 0 aliphatic carbocycles. The van der Waals surface area contributed by atoms with Crippen LogP contribution >= 0.6 is 11.8 Å². The van der Waals surface area contributed by atoms with Gasteiger partial charge in [0.15, 0.2) is 0 Å². The molecule has 1 aliphatic heterocycles. The number of carboxylic acid groups (broad SMARTS) is 1. The topological polar surface area (TPSA) is 76.1 Å². The van der Waals surface area contributed by atoms with Crippen molar-refractivity contribution in [2.45, 2.75) is 19.1 Å². The highest BCUT2D eigenvalue weighted by molar-refractivity contribution is 7.99. The van der Waals surface area contributed by atoms with Crippen LogP contribution in [0.5, 0.6) is 0 Å². The van der Waals surface area contributed by atoms with E-state index in [9.17, 15) is 14.0 Å². The molecule has 6 nitrogen and oxygen atoms in total.